The van der Waals surface area contributed by atoms with Gasteiger partial charge >= 0.3 is 0 Å². The Morgan fingerprint density at radius 2 is 1.94 bits per heavy atom. The first-order chi connectivity index (χ1) is 15.1. The van der Waals surface area contributed by atoms with Crippen LogP contribution in [0.25, 0.3) is 10.1 Å². The molecule has 1 fully saturated rings. The number of carbonyl (C=O) groups excluding carboxylic acids is 1. The van der Waals surface area contributed by atoms with E-state index in [1.807, 2.05) is 24.3 Å². The number of nitrogens with zero attached hydrogens (tertiary/aromatic N) is 1. The van der Waals surface area contributed by atoms with Crippen molar-refractivity contribution in [2.24, 2.45) is 0 Å². The first-order valence-electron chi connectivity index (χ1n) is 10.4. The molecule has 2 heterocycles. The maximum atomic E-state index is 14.4. The van der Waals surface area contributed by atoms with Crippen LogP contribution in [0.2, 0.25) is 0 Å². The Morgan fingerprint density at radius 3 is 2.68 bits per heavy atom. The number of nitrogens with one attached hydrogen (secondary N) is 1. The highest BCUT2D eigenvalue weighted by Crippen LogP contribution is 2.34. The summed E-state index contributed by atoms with van der Waals surface area (Å²) in [6.07, 6.45) is 1.75. The molecule has 0 atom stereocenters. The van der Waals surface area contributed by atoms with E-state index in [-0.39, 0.29) is 24.4 Å². The number of piperidine rings is 1. The monoisotopic (exact) mass is 442 g/mol. The minimum atomic E-state index is -0.315. The first kappa shape index (κ1) is 21.7. The Bertz CT molecular complexity index is 1060. The van der Waals surface area contributed by atoms with Gasteiger partial charge in [-0.1, -0.05) is 24.3 Å². The zero-order valence-electron chi connectivity index (χ0n) is 17.8. The highest BCUT2D eigenvalue weighted by molar-refractivity contribution is 7.21. The largest absolute Gasteiger partial charge is 0.496 e. The number of para-hydroxylation sites is 1. The molecule has 1 amide bonds. The van der Waals surface area contributed by atoms with Crippen LogP contribution in [0, 0.1) is 5.82 Å². The van der Waals surface area contributed by atoms with Crippen LogP contribution >= 0.6 is 11.3 Å². The van der Waals surface area contributed by atoms with Gasteiger partial charge in [-0.05, 0) is 31.0 Å². The Morgan fingerprint density at radius 1 is 1.16 bits per heavy atom. The predicted octanol–water partition coefficient (Wildman–Crippen LogP) is 4.59. The van der Waals surface area contributed by atoms with E-state index in [4.69, 9.17) is 9.47 Å². The van der Waals surface area contributed by atoms with Crippen LogP contribution in [0.4, 0.5) is 4.39 Å². The number of methoxy groups -OCH3 is 2. The molecule has 0 saturated carbocycles. The van der Waals surface area contributed by atoms with E-state index in [9.17, 15) is 9.18 Å². The fourth-order valence-electron chi connectivity index (χ4n) is 4.19. The van der Waals surface area contributed by atoms with E-state index in [2.05, 4.69) is 16.3 Å². The molecule has 7 heteroatoms. The lowest BCUT2D eigenvalue weighted by Gasteiger charge is -2.32. The number of benzene rings is 2. The molecule has 1 aliphatic heterocycles. The number of carbonyl (C=O) groups is 1. The zero-order chi connectivity index (χ0) is 21.8. The van der Waals surface area contributed by atoms with Crippen LogP contribution in [0.15, 0.2) is 42.5 Å². The van der Waals surface area contributed by atoms with Crippen molar-refractivity contribution in [3.05, 3.63) is 64.3 Å². The molecule has 0 bridgehead atoms. The number of fused-ring (bicyclic) bond motifs is 1. The standard InChI is InChI=1S/C24H27FN2O3S/c1-29-15-18-22-19(25)7-5-9-21(22)31-23(18)24(28)26-17-10-12-27(13-11-17)14-16-6-3-4-8-20(16)30-2/h3-9,17H,10-15H2,1-2H3,(H,26,28). The average Bonchev–Trinajstić information content (AvgIpc) is 3.16. The minimum Gasteiger partial charge on any atom is -0.496 e. The van der Waals surface area contributed by atoms with Gasteiger partial charge < -0.3 is 14.8 Å². The third kappa shape index (κ3) is 4.74. The molecule has 4 rings (SSSR count). The summed E-state index contributed by atoms with van der Waals surface area (Å²) in [5.41, 5.74) is 1.80. The van der Waals surface area contributed by atoms with Crippen molar-refractivity contribution in [1.82, 2.24) is 10.2 Å². The molecule has 1 aliphatic rings. The van der Waals surface area contributed by atoms with Crippen LogP contribution in [-0.4, -0.2) is 44.2 Å². The molecule has 0 spiro atoms. The molecule has 1 aromatic heterocycles. The smallest absolute Gasteiger partial charge is 0.261 e. The van der Waals surface area contributed by atoms with E-state index in [1.54, 1.807) is 20.3 Å². The van der Waals surface area contributed by atoms with Crippen molar-refractivity contribution < 1.29 is 18.7 Å². The maximum absolute atomic E-state index is 14.4. The van der Waals surface area contributed by atoms with Crippen LogP contribution in [0.5, 0.6) is 5.75 Å². The molecule has 31 heavy (non-hydrogen) atoms. The first-order valence-corrected chi connectivity index (χ1v) is 11.3. The lowest BCUT2D eigenvalue weighted by molar-refractivity contribution is 0.0908. The summed E-state index contributed by atoms with van der Waals surface area (Å²) in [6, 6.07) is 13.1. The van der Waals surface area contributed by atoms with Gasteiger partial charge in [-0.15, -0.1) is 11.3 Å². The zero-order valence-corrected chi connectivity index (χ0v) is 18.6. The van der Waals surface area contributed by atoms with Gasteiger partial charge in [0.25, 0.3) is 5.91 Å². The Labute approximate surface area is 185 Å². The number of likely N-dealkylation sites (tertiary alicyclic amines) is 1. The molecule has 1 N–H and O–H groups in total. The van der Waals surface area contributed by atoms with Gasteiger partial charge in [-0.25, -0.2) is 4.39 Å². The highest BCUT2D eigenvalue weighted by atomic mass is 32.1. The fourth-order valence-corrected chi connectivity index (χ4v) is 5.32. The van der Waals surface area contributed by atoms with Crippen LogP contribution < -0.4 is 10.1 Å². The molecule has 0 aliphatic carbocycles. The quantitative estimate of drug-likeness (QED) is 0.582. The van der Waals surface area contributed by atoms with E-state index >= 15 is 0 Å². The normalized spacial score (nSPS) is 15.3. The van der Waals surface area contributed by atoms with Crippen molar-refractivity contribution in [1.29, 1.82) is 0 Å². The fraction of sp³-hybridized carbons (Fsp3) is 0.375. The Balaban J connectivity index is 1.40. The van der Waals surface area contributed by atoms with Gasteiger partial charge in [-0.2, -0.15) is 0 Å². The second kappa shape index (κ2) is 9.77. The lowest BCUT2D eigenvalue weighted by atomic mass is 10.0. The molecule has 0 radical (unpaired) electrons. The van der Waals surface area contributed by atoms with Crippen molar-refractivity contribution in [2.75, 3.05) is 27.3 Å². The van der Waals surface area contributed by atoms with Crippen molar-refractivity contribution in [3.63, 3.8) is 0 Å². The molecule has 5 nitrogen and oxygen atoms in total. The summed E-state index contributed by atoms with van der Waals surface area (Å²) < 4.78 is 25.9. The molecule has 2 aromatic carbocycles. The molecule has 0 unspecified atom stereocenters. The summed E-state index contributed by atoms with van der Waals surface area (Å²) >= 11 is 1.32. The van der Waals surface area contributed by atoms with E-state index in [0.717, 1.165) is 42.9 Å². The number of halogens is 1. The van der Waals surface area contributed by atoms with Gasteiger partial charge in [0.2, 0.25) is 0 Å². The van der Waals surface area contributed by atoms with Gasteiger partial charge in [0.15, 0.2) is 0 Å². The van der Waals surface area contributed by atoms with Crippen LogP contribution in [0.3, 0.4) is 0 Å². The van der Waals surface area contributed by atoms with E-state index in [1.165, 1.54) is 23.0 Å². The minimum absolute atomic E-state index is 0.104. The van der Waals surface area contributed by atoms with E-state index < -0.39 is 0 Å². The van der Waals surface area contributed by atoms with Crippen molar-refractivity contribution >= 4 is 27.3 Å². The third-order valence-corrected chi connectivity index (χ3v) is 6.96. The average molecular weight is 443 g/mol. The molecule has 3 aromatic rings. The van der Waals surface area contributed by atoms with Crippen LogP contribution in [-0.2, 0) is 17.9 Å². The summed E-state index contributed by atoms with van der Waals surface area (Å²) in [4.78, 5) is 16.0. The van der Waals surface area contributed by atoms with Gasteiger partial charge in [0.1, 0.15) is 11.6 Å². The van der Waals surface area contributed by atoms with Gasteiger partial charge in [0, 0.05) is 54.0 Å². The predicted molar refractivity (Wildman–Crippen MR) is 121 cm³/mol. The summed E-state index contributed by atoms with van der Waals surface area (Å²) in [5.74, 6) is 0.445. The van der Waals surface area contributed by atoms with Crippen molar-refractivity contribution in [3.8, 4) is 5.75 Å². The van der Waals surface area contributed by atoms with Gasteiger partial charge in [0.05, 0.1) is 18.6 Å². The summed E-state index contributed by atoms with van der Waals surface area (Å²) in [5, 5.41) is 3.66. The molecule has 164 valence electrons. The molecule has 1 saturated heterocycles. The Hall–Kier alpha value is -2.48. The van der Waals surface area contributed by atoms with Gasteiger partial charge in [-0.3, -0.25) is 9.69 Å². The highest BCUT2D eigenvalue weighted by Gasteiger charge is 2.25. The SMILES string of the molecule is COCc1c(C(=O)NC2CCN(Cc3ccccc3OC)CC2)sc2cccc(F)c12. The van der Waals surface area contributed by atoms with E-state index in [0.29, 0.717) is 15.8 Å². The lowest BCUT2D eigenvalue weighted by Crippen LogP contribution is -2.44. The summed E-state index contributed by atoms with van der Waals surface area (Å²) in [6.45, 7) is 2.84. The second-order valence-corrected chi connectivity index (χ2v) is 8.84. The number of ether oxygens (including phenoxy) is 2. The number of thiophene rings is 1. The Kier molecular flexibility index (Phi) is 6.85. The molecular formula is C24H27FN2O3S. The third-order valence-electron chi connectivity index (χ3n) is 5.77. The number of hydrogen-bond acceptors (Lipinski definition) is 5. The second-order valence-electron chi connectivity index (χ2n) is 7.79. The number of rotatable bonds is 7. The summed E-state index contributed by atoms with van der Waals surface area (Å²) in [7, 11) is 3.25. The topological polar surface area (TPSA) is 50.8 Å². The van der Waals surface area contributed by atoms with Crippen LogP contribution in [0.1, 0.15) is 33.6 Å². The maximum Gasteiger partial charge on any atom is 0.261 e. The number of hydrogen-bond donors (Lipinski definition) is 1. The van der Waals surface area contributed by atoms with Crippen molar-refractivity contribution in [2.45, 2.75) is 32.0 Å². The molecular weight excluding hydrogens is 415 g/mol. The number of amides is 1.